The van der Waals surface area contributed by atoms with Gasteiger partial charge in [-0.1, -0.05) is 24.3 Å². The maximum atomic E-state index is 9.59. The molecule has 0 radical (unpaired) electrons. The van der Waals surface area contributed by atoms with E-state index in [1.807, 2.05) is 37.3 Å². The topological polar surface area (TPSA) is 33.1 Å². The van der Waals surface area contributed by atoms with Gasteiger partial charge in [0.05, 0.1) is 5.52 Å². The van der Waals surface area contributed by atoms with Gasteiger partial charge in [-0.15, -0.1) is 0 Å². The van der Waals surface area contributed by atoms with Crippen molar-refractivity contribution in [2.45, 2.75) is 6.92 Å². The highest BCUT2D eigenvalue weighted by molar-refractivity contribution is 5.94. The zero-order chi connectivity index (χ0) is 12.5. The molecule has 0 aliphatic carbocycles. The van der Waals surface area contributed by atoms with Crippen molar-refractivity contribution in [3.63, 3.8) is 0 Å². The highest BCUT2D eigenvalue weighted by Gasteiger charge is 2.05. The van der Waals surface area contributed by atoms with Crippen molar-refractivity contribution in [3.8, 4) is 16.9 Å². The molecule has 0 aliphatic rings. The third kappa shape index (κ3) is 1.72. The summed E-state index contributed by atoms with van der Waals surface area (Å²) in [5.74, 6) is 0.331. The van der Waals surface area contributed by atoms with E-state index in [0.717, 1.165) is 27.6 Å². The molecule has 2 nitrogen and oxygen atoms in total. The van der Waals surface area contributed by atoms with E-state index >= 15 is 0 Å². The molecule has 88 valence electrons. The van der Waals surface area contributed by atoms with Crippen LogP contribution in [0.5, 0.6) is 5.75 Å². The molecule has 0 unspecified atom stereocenters. The van der Waals surface area contributed by atoms with Gasteiger partial charge in [0, 0.05) is 11.6 Å². The van der Waals surface area contributed by atoms with Crippen LogP contribution in [0.15, 0.2) is 54.7 Å². The van der Waals surface area contributed by atoms with E-state index in [0.29, 0.717) is 5.75 Å². The van der Waals surface area contributed by atoms with E-state index in [9.17, 15) is 5.11 Å². The SMILES string of the molecule is Cc1cc(-c2cccc3ncccc23)ccc1O. The van der Waals surface area contributed by atoms with Crippen LogP contribution in [-0.2, 0) is 0 Å². The quantitative estimate of drug-likeness (QED) is 0.693. The Morgan fingerprint density at radius 2 is 1.89 bits per heavy atom. The molecule has 18 heavy (non-hydrogen) atoms. The highest BCUT2D eigenvalue weighted by Crippen LogP contribution is 2.30. The first-order valence-corrected chi connectivity index (χ1v) is 5.89. The Morgan fingerprint density at radius 1 is 1.00 bits per heavy atom. The number of fused-ring (bicyclic) bond motifs is 1. The maximum Gasteiger partial charge on any atom is 0.118 e. The smallest absolute Gasteiger partial charge is 0.118 e. The van der Waals surface area contributed by atoms with Crippen LogP contribution in [0.3, 0.4) is 0 Å². The first-order chi connectivity index (χ1) is 8.75. The Balaban J connectivity index is 2.28. The fourth-order valence-electron chi connectivity index (χ4n) is 2.18. The van der Waals surface area contributed by atoms with Gasteiger partial charge < -0.3 is 5.11 Å². The predicted octanol–water partition coefficient (Wildman–Crippen LogP) is 3.92. The summed E-state index contributed by atoms with van der Waals surface area (Å²) >= 11 is 0. The molecule has 2 heteroatoms. The summed E-state index contributed by atoms with van der Waals surface area (Å²) in [4.78, 5) is 4.36. The number of hydrogen-bond acceptors (Lipinski definition) is 2. The lowest BCUT2D eigenvalue weighted by atomic mass is 9.99. The van der Waals surface area contributed by atoms with Crippen molar-refractivity contribution >= 4 is 10.9 Å². The van der Waals surface area contributed by atoms with Gasteiger partial charge in [0.1, 0.15) is 5.75 Å². The maximum absolute atomic E-state index is 9.59. The molecule has 3 aromatic rings. The molecule has 1 aromatic heterocycles. The monoisotopic (exact) mass is 235 g/mol. The number of hydrogen-bond donors (Lipinski definition) is 1. The molecule has 1 N–H and O–H groups in total. The summed E-state index contributed by atoms with van der Waals surface area (Å²) in [5, 5.41) is 10.7. The van der Waals surface area contributed by atoms with Gasteiger partial charge >= 0.3 is 0 Å². The van der Waals surface area contributed by atoms with Crippen molar-refractivity contribution in [3.05, 3.63) is 60.3 Å². The number of aromatic hydroxyl groups is 1. The van der Waals surface area contributed by atoms with Crippen LogP contribution in [0.25, 0.3) is 22.0 Å². The number of phenolic OH excluding ortho intramolecular Hbond substituents is 1. The molecule has 3 rings (SSSR count). The lowest BCUT2D eigenvalue weighted by molar-refractivity contribution is 0.471. The number of benzene rings is 2. The minimum atomic E-state index is 0.331. The zero-order valence-corrected chi connectivity index (χ0v) is 10.1. The molecule has 0 fully saturated rings. The average molecular weight is 235 g/mol. The number of phenols is 1. The molecule has 0 amide bonds. The van der Waals surface area contributed by atoms with E-state index in [1.165, 1.54) is 0 Å². The Hall–Kier alpha value is -2.35. The lowest BCUT2D eigenvalue weighted by Gasteiger charge is -2.08. The molecule has 2 aromatic carbocycles. The predicted molar refractivity (Wildman–Crippen MR) is 73.6 cm³/mol. The van der Waals surface area contributed by atoms with E-state index in [4.69, 9.17) is 0 Å². The van der Waals surface area contributed by atoms with Crippen LogP contribution in [0.2, 0.25) is 0 Å². The number of pyridine rings is 1. The first kappa shape index (κ1) is 10.8. The molecular weight excluding hydrogens is 222 g/mol. The second-order valence-corrected chi connectivity index (χ2v) is 4.38. The zero-order valence-electron chi connectivity index (χ0n) is 10.1. The minimum absolute atomic E-state index is 0.331. The normalized spacial score (nSPS) is 10.7. The van der Waals surface area contributed by atoms with Gasteiger partial charge in [0.25, 0.3) is 0 Å². The summed E-state index contributed by atoms with van der Waals surface area (Å²) in [7, 11) is 0. The Bertz CT molecular complexity index is 714. The van der Waals surface area contributed by atoms with Crippen LogP contribution in [0.1, 0.15) is 5.56 Å². The van der Waals surface area contributed by atoms with Crippen LogP contribution in [0, 0.1) is 6.92 Å². The molecule has 0 aliphatic heterocycles. The molecule has 0 atom stereocenters. The number of aryl methyl sites for hydroxylation is 1. The summed E-state index contributed by atoms with van der Waals surface area (Å²) in [6, 6.07) is 15.8. The summed E-state index contributed by atoms with van der Waals surface area (Å²) < 4.78 is 0. The fraction of sp³-hybridized carbons (Fsp3) is 0.0625. The van der Waals surface area contributed by atoms with Crippen LogP contribution < -0.4 is 0 Å². The van der Waals surface area contributed by atoms with Gasteiger partial charge in [-0.25, -0.2) is 0 Å². The Kier molecular flexibility index (Phi) is 2.49. The lowest BCUT2D eigenvalue weighted by Crippen LogP contribution is -1.84. The largest absolute Gasteiger partial charge is 0.508 e. The van der Waals surface area contributed by atoms with Gasteiger partial charge in [-0.2, -0.15) is 0 Å². The third-order valence-electron chi connectivity index (χ3n) is 3.15. The summed E-state index contributed by atoms with van der Waals surface area (Å²) in [6.07, 6.45) is 1.80. The van der Waals surface area contributed by atoms with Crippen LogP contribution >= 0.6 is 0 Å². The standard InChI is InChI=1S/C16H13NO/c1-11-10-12(7-8-16(11)18)13-4-2-6-15-14(13)5-3-9-17-15/h2-10,18H,1H3. The molecule has 0 spiro atoms. The Morgan fingerprint density at radius 3 is 2.72 bits per heavy atom. The van der Waals surface area contributed by atoms with Crippen molar-refractivity contribution in [1.82, 2.24) is 4.98 Å². The van der Waals surface area contributed by atoms with E-state index < -0.39 is 0 Å². The molecular formula is C16H13NO. The second-order valence-electron chi connectivity index (χ2n) is 4.38. The van der Waals surface area contributed by atoms with E-state index in [2.05, 4.69) is 17.1 Å². The van der Waals surface area contributed by atoms with E-state index in [1.54, 1.807) is 12.3 Å². The molecule has 0 saturated carbocycles. The summed E-state index contributed by atoms with van der Waals surface area (Å²) in [5.41, 5.74) is 4.11. The summed E-state index contributed by atoms with van der Waals surface area (Å²) in [6.45, 7) is 1.90. The van der Waals surface area contributed by atoms with E-state index in [-0.39, 0.29) is 0 Å². The molecule has 0 saturated heterocycles. The van der Waals surface area contributed by atoms with Gasteiger partial charge in [0.2, 0.25) is 0 Å². The number of aromatic nitrogens is 1. The van der Waals surface area contributed by atoms with Gasteiger partial charge in [0.15, 0.2) is 0 Å². The van der Waals surface area contributed by atoms with Crippen molar-refractivity contribution < 1.29 is 5.11 Å². The van der Waals surface area contributed by atoms with Crippen molar-refractivity contribution in [1.29, 1.82) is 0 Å². The van der Waals surface area contributed by atoms with Crippen molar-refractivity contribution in [2.75, 3.05) is 0 Å². The minimum Gasteiger partial charge on any atom is -0.508 e. The van der Waals surface area contributed by atoms with Crippen molar-refractivity contribution in [2.24, 2.45) is 0 Å². The average Bonchev–Trinajstić information content (AvgIpc) is 2.41. The van der Waals surface area contributed by atoms with Gasteiger partial charge in [-0.3, -0.25) is 4.98 Å². The van der Waals surface area contributed by atoms with Gasteiger partial charge in [-0.05, 0) is 47.9 Å². The molecule has 0 bridgehead atoms. The molecule has 1 heterocycles. The second kappa shape index (κ2) is 4.15. The fourth-order valence-corrected chi connectivity index (χ4v) is 2.18. The van der Waals surface area contributed by atoms with Crippen LogP contribution in [0.4, 0.5) is 0 Å². The number of nitrogens with zero attached hydrogens (tertiary/aromatic N) is 1. The number of rotatable bonds is 1. The van der Waals surface area contributed by atoms with Crippen LogP contribution in [-0.4, -0.2) is 10.1 Å². The third-order valence-corrected chi connectivity index (χ3v) is 3.15. The first-order valence-electron chi connectivity index (χ1n) is 5.89. The highest BCUT2D eigenvalue weighted by atomic mass is 16.3. The Labute approximate surface area is 106 Å².